The molecule has 6 nitrogen and oxygen atoms in total. The van der Waals surface area contributed by atoms with Gasteiger partial charge in [-0.2, -0.15) is 0 Å². The summed E-state index contributed by atoms with van der Waals surface area (Å²) in [5, 5.41) is 3.00. The third kappa shape index (κ3) is 3.82. The van der Waals surface area contributed by atoms with Gasteiger partial charge in [0.1, 0.15) is 0 Å². The molecule has 0 saturated heterocycles. The number of halogens is 1. The summed E-state index contributed by atoms with van der Waals surface area (Å²) in [6.07, 6.45) is 0.246. The Morgan fingerprint density at radius 1 is 1.29 bits per heavy atom. The quantitative estimate of drug-likeness (QED) is 0.827. The van der Waals surface area contributed by atoms with Crippen LogP contribution in [0.15, 0.2) is 29.1 Å². The van der Waals surface area contributed by atoms with E-state index < -0.39 is 5.54 Å². The van der Waals surface area contributed by atoms with Crippen molar-refractivity contribution in [2.24, 2.45) is 18.7 Å². The topological polar surface area (TPSA) is 82.1 Å². The lowest BCUT2D eigenvalue weighted by molar-refractivity contribution is -0.123. The fourth-order valence-electron chi connectivity index (χ4n) is 2.60. The van der Waals surface area contributed by atoms with Crippen LogP contribution in [-0.2, 0) is 18.4 Å². The monoisotopic (exact) mass is 354 g/mol. The van der Waals surface area contributed by atoms with Crippen molar-refractivity contribution in [2.75, 3.05) is 6.54 Å². The Morgan fingerprint density at radius 3 is 2.42 bits per heavy atom. The van der Waals surface area contributed by atoms with E-state index in [0.29, 0.717) is 13.1 Å². The average Bonchev–Trinajstić information content (AvgIpc) is 2.77. The summed E-state index contributed by atoms with van der Waals surface area (Å²) in [5.41, 5.74) is 6.97. The normalized spacial score (nSPS) is 13.6. The molecule has 0 aliphatic carbocycles. The Balaban J connectivity index is 0.00000288. The average molecular weight is 355 g/mol. The molecule has 1 heterocycles. The molecule has 1 atom stereocenters. The third-order valence-corrected chi connectivity index (χ3v) is 4.74. The van der Waals surface area contributed by atoms with Crippen molar-refractivity contribution in [1.82, 2.24) is 14.5 Å². The van der Waals surface area contributed by atoms with E-state index in [-0.39, 0.29) is 36.3 Å². The number of nitrogens with zero attached hydrogens (tertiary/aromatic N) is 2. The second-order valence-corrected chi connectivity index (χ2v) is 6.56. The zero-order valence-electron chi connectivity index (χ0n) is 14.7. The van der Waals surface area contributed by atoms with Gasteiger partial charge >= 0.3 is 5.69 Å². The molecule has 1 unspecified atom stereocenters. The summed E-state index contributed by atoms with van der Waals surface area (Å²) in [6, 6.07) is 7.58. The van der Waals surface area contributed by atoms with E-state index in [1.807, 2.05) is 45.0 Å². The molecule has 0 bridgehead atoms. The number of aromatic nitrogens is 2. The van der Waals surface area contributed by atoms with Crippen molar-refractivity contribution in [2.45, 2.75) is 39.3 Å². The highest BCUT2D eigenvalue weighted by atomic mass is 35.5. The molecule has 0 fully saturated rings. The van der Waals surface area contributed by atoms with Gasteiger partial charge < -0.3 is 11.1 Å². The van der Waals surface area contributed by atoms with Crippen molar-refractivity contribution in [3.63, 3.8) is 0 Å². The molecule has 134 valence electrons. The molecule has 1 amide bonds. The molecule has 3 N–H and O–H groups in total. The minimum atomic E-state index is -0.430. The Bertz CT molecular complexity index is 766. The van der Waals surface area contributed by atoms with Gasteiger partial charge in [-0.3, -0.25) is 13.9 Å². The minimum Gasteiger partial charge on any atom is -0.349 e. The number of benzene rings is 1. The molecule has 0 spiro atoms. The number of imidazole rings is 1. The van der Waals surface area contributed by atoms with Crippen LogP contribution in [0, 0.1) is 5.92 Å². The number of nitrogens with one attached hydrogen (secondary N) is 1. The second-order valence-electron chi connectivity index (χ2n) is 6.56. The van der Waals surface area contributed by atoms with E-state index in [9.17, 15) is 9.59 Å². The molecular weight excluding hydrogens is 328 g/mol. The lowest BCUT2D eigenvalue weighted by Crippen LogP contribution is -2.55. The lowest BCUT2D eigenvalue weighted by Gasteiger charge is -2.33. The van der Waals surface area contributed by atoms with E-state index in [1.165, 1.54) is 0 Å². The summed E-state index contributed by atoms with van der Waals surface area (Å²) in [4.78, 5) is 24.6. The molecule has 2 aromatic rings. The molecule has 0 radical (unpaired) electrons. The number of hydrogen-bond donors (Lipinski definition) is 2. The number of aryl methyl sites for hydroxylation is 2. The van der Waals surface area contributed by atoms with Crippen LogP contribution in [0.5, 0.6) is 0 Å². The Morgan fingerprint density at radius 2 is 1.88 bits per heavy atom. The van der Waals surface area contributed by atoms with Crippen molar-refractivity contribution >= 4 is 29.3 Å². The van der Waals surface area contributed by atoms with E-state index in [4.69, 9.17) is 5.73 Å². The molecule has 2 rings (SSSR count). The number of nitrogens with two attached hydrogens (primary N) is 1. The van der Waals surface area contributed by atoms with Crippen molar-refractivity contribution in [1.29, 1.82) is 0 Å². The number of para-hydroxylation sites is 2. The predicted octanol–water partition coefficient (Wildman–Crippen LogP) is 1.64. The van der Waals surface area contributed by atoms with Crippen LogP contribution >= 0.6 is 12.4 Å². The molecule has 1 aromatic carbocycles. The standard InChI is InChI=1S/C17H26N4O2.ClH/c1-12(2)17(3,11-18)19-15(22)9-10-21-14-8-6-5-7-13(14)20(4)16(21)23;/h5-8,12H,9-11,18H2,1-4H3,(H,19,22);1H. The van der Waals surface area contributed by atoms with Gasteiger partial charge in [0.15, 0.2) is 0 Å². The highest BCUT2D eigenvalue weighted by molar-refractivity contribution is 5.85. The highest BCUT2D eigenvalue weighted by Crippen LogP contribution is 2.15. The number of amides is 1. The van der Waals surface area contributed by atoms with Crippen molar-refractivity contribution < 1.29 is 4.79 Å². The summed E-state index contributed by atoms with van der Waals surface area (Å²) in [6.45, 7) is 6.74. The van der Waals surface area contributed by atoms with E-state index in [1.54, 1.807) is 16.2 Å². The second kappa shape index (κ2) is 7.85. The summed E-state index contributed by atoms with van der Waals surface area (Å²) >= 11 is 0. The van der Waals surface area contributed by atoms with Crippen LogP contribution in [-0.4, -0.2) is 27.1 Å². The molecule has 0 aliphatic rings. The first-order chi connectivity index (χ1) is 10.8. The van der Waals surface area contributed by atoms with Crippen LogP contribution in [0.1, 0.15) is 27.2 Å². The van der Waals surface area contributed by atoms with Gasteiger partial charge in [0, 0.05) is 26.6 Å². The number of carbonyl (C=O) groups is 1. The zero-order valence-corrected chi connectivity index (χ0v) is 15.5. The van der Waals surface area contributed by atoms with Crippen LogP contribution in [0.2, 0.25) is 0 Å². The number of hydrogen-bond acceptors (Lipinski definition) is 3. The smallest absolute Gasteiger partial charge is 0.328 e. The maximum Gasteiger partial charge on any atom is 0.328 e. The van der Waals surface area contributed by atoms with Crippen molar-refractivity contribution in [3.05, 3.63) is 34.7 Å². The molecule has 0 saturated carbocycles. The summed E-state index contributed by atoms with van der Waals surface area (Å²) in [7, 11) is 1.74. The Labute approximate surface area is 148 Å². The van der Waals surface area contributed by atoms with Gasteiger partial charge in [0.05, 0.1) is 16.6 Å². The van der Waals surface area contributed by atoms with E-state index in [2.05, 4.69) is 5.32 Å². The van der Waals surface area contributed by atoms with Crippen LogP contribution < -0.4 is 16.7 Å². The fourth-order valence-corrected chi connectivity index (χ4v) is 2.60. The first-order valence-corrected chi connectivity index (χ1v) is 7.95. The summed E-state index contributed by atoms with van der Waals surface area (Å²) < 4.78 is 3.25. The van der Waals surface area contributed by atoms with Gasteiger partial charge in [-0.1, -0.05) is 26.0 Å². The lowest BCUT2D eigenvalue weighted by atomic mass is 9.88. The first-order valence-electron chi connectivity index (χ1n) is 7.95. The fraction of sp³-hybridized carbons (Fsp3) is 0.529. The molecular formula is C17H27ClN4O2. The zero-order chi connectivity index (χ0) is 17.2. The molecule has 7 heteroatoms. The van der Waals surface area contributed by atoms with Crippen molar-refractivity contribution in [3.8, 4) is 0 Å². The Hall–Kier alpha value is -1.79. The van der Waals surface area contributed by atoms with Gasteiger partial charge in [-0.15, -0.1) is 12.4 Å². The van der Waals surface area contributed by atoms with Gasteiger partial charge in [-0.05, 0) is 25.0 Å². The maximum absolute atomic E-state index is 12.3. The molecule has 1 aromatic heterocycles. The van der Waals surface area contributed by atoms with E-state index >= 15 is 0 Å². The number of rotatable bonds is 6. The minimum absolute atomic E-state index is 0. The van der Waals surface area contributed by atoms with Crippen LogP contribution in [0.3, 0.4) is 0 Å². The SMILES string of the molecule is CC(C)C(C)(CN)NC(=O)CCn1c(=O)n(C)c2ccccc21.Cl. The molecule has 24 heavy (non-hydrogen) atoms. The van der Waals surface area contributed by atoms with Crippen LogP contribution in [0.25, 0.3) is 11.0 Å². The van der Waals surface area contributed by atoms with Crippen LogP contribution in [0.4, 0.5) is 0 Å². The third-order valence-electron chi connectivity index (χ3n) is 4.74. The maximum atomic E-state index is 12.3. The van der Waals surface area contributed by atoms with Gasteiger partial charge in [-0.25, -0.2) is 4.79 Å². The largest absolute Gasteiger partial charge is 0.349 e. The molecule has 0 aliphatic heterocycles. The first kappa shape index (κ1) is 20.3. The predicted molar refractivity (Wildman–Crippen MR) is 99.5 cm³/mol. The number of carbonyl (C=O) groups excluding carboxylic acids is 1. The van der Waals surface area contributed by atoms with E-state index in [0.717, 1.165) is 11.0 Å². The number of fused-ring (bicyclic) bond motifs is 1. The van der Waals surface area contributed by atoms with Gasteiger partial charge in [0.25, 0.3) is 0 Å². The highest BCUT2D eigenvalue weighted by Gasteiger charge is 2.28. The summed E-state index contributed by atoms with van der Waals surface area (Å²) in [5.74, 6) is 0.142. The van der Waals surface area contributed by atoms with Gasteiger partial charge in [0.2, 0.25) is 5.91 Å². The Kier molecular flexibility index (Phi) is 6.63.